The summed E-state index contributed by atoms with van der Waals surface area (Å²) < 4.78 is 44.5. The lowest BCUT2D eigenvalue weighted by atomic mass is 10.1. The van der Waals surface area contributed by atoms with E-state index < -0.39 is 40.5 Å². The zero-order chi connectivity index (χ0) is 14.6. The maximum absolute atomic E-state index is 13.4. The van der Waals surface area contributed by atoms with Crippen LogP contribution in [0.4, 0.5) is 13.2 Å². The number of hydrogen-bond acceptors (Lipinski definition) is 3. The summed E-state index contributed by atoms with van der Waals surface area (Å²) >= 11 is 0. The van der Waals surface area contributed by atoms with Crippen LogP contribution in [0, 0.1) is 17.5 Å². The molecule has 0 unspecified atom stereocenters. The van der Waals surface area contributed by atoms with E-state index in [2.05, 4.69) is 0 Å². The minimum Gasteiger partial charge on any atom is -0.504 e. The summed E-state index contributed by atoms with van der Waals surface area (Å²) in [7, 11) is 0. The molecule has 0 aromatic heterocycles. The maximum atomic E-state index is 13.4. The van der Waals surface area contributed by atoms with Gasteiger partial charge in [-0.15, -0.1) is 0 Å². The molecule has 0 radical (unpaired) electrons. The molecule has 0 bridgehead atoms. The van der Waals surface area contributed by atoms with E-state index in [1.54, 1.807) is 0 Å². The average molecular weight is 278 g/mol. The molecule has 1 aromatic carbocycles. The molecule has 0 heterocycles. The second-order valence-corrected chi connectivity index (χ2v) is 3.86. The molecule has 0 saturated heterocycles. The Bertz CT molecular complexity index is 489. The van der Waals surface area contributed by atoms with Crippen LogP contribution in [0.2, 0.25) is 0 Å². The third-order valence-corrected chi connectivity index (χ3v) is 2.46. The molecular formula is C12H13F3O4. The Kier molecular flexibility index (Phi) is 5.02. The smallest absolute Gasteiger partial charge is 0.342 e. The maximum Gasteiger partial charge on any atom is 0.342 e. The molecule has 0 atom stereocenters. The van der Waals surface area contributed by atoms with Gasteiger partial charge in [0.05, 0.1) is 6.61 Å². The zero-order valence-corrected chi connectivity index (χ0v) is 10.2. The fourth-order valence-corrected chi connectivity index (χ4v) is 1.48. The Balaban J connectivity index is 3.13. The molecule has 0 fully saturated rings. The van der Waals surface area contributed by atoms with Crippen LogP contribution in [0.15, 0.2) is 0 Å². The van der Waals surface area contributed by atoms with Gasteiger partial charge in [0.25, 0.3) is 0 Å². The van der Waals surface area contributed by atoms with Crippen LogP contribution in [0.5, 0.6) is 11.5 Å². The number of carbonyl (C=O) groups is 1. The largest absolute Gasteiger partial charge is 0.504 e. The van der Waals surface area contributed by atoms with Crippen molar-refractivity contribution in [2.75, 3.05) is 6.61 Å². The third kappa shape index (κ3) is 3.10. The monoisotopic (exact) mass is 278 g/mol. The highest BCUT2D eigenvalue weighted by atomic mass is 19.2. The summed E-state index contributed by atoms with van der Waals surface area (Å²) in [5.74, 6) is -9.82. The van der Waals surface area contributed by atoms with Crippen molar-refractivity contribution in [3.8, 4) is 11.5 Å². The van der Waals surface area contributed by atoms with Crippen LogP contribution < -0.4 is 4.74 Å². The summed E-state index contributed by atoms with van der Waals surface area (Å²) in [6.07, 6.45) is 2.13. The first-order valence-corrected chi connectivity index (χ1v) is 5.67. The molecule has 0 saturated carbocycles. The van der Waals surface area contributed by atoms with Gasteiger partial charge in [-0.1, -0.05) is 19.8 Å². The number of halogens is 3. The SMILES string of the molecule is CCCCCOc1c(O)c(C(=O)O)c(F)c(F)c1F. The molecule has 0 amide bonds. The van der Waals surface area contributed by atoms with Crippen LogP contribution in [0.25, 0.3) is 0 Å². The van der Waals surface area contributed by atoms with Crippen molar-refractivity contribution in [1.29, 1.82) is 0 Å². The highest BCUT2D eigenvalue weighted by Gasteiger charge is 2.29. The van der Waals surface area contributed by atoms with Gasteiger partial charge >= 0.3 is 5.97 Å². The number of unbranched alkanes of at least 4 members (excludes halogenated alkanes) is 2. The highest BCUT2D eigenvalue weighted by Crippen LogP contribution is 2.37. The molecule has 1 aromatic rings. The number of hydrogen-bond donors (Lipinski definition) is 2. The van der Waals surface area contributed by atoms with Gasteiger partial charge in [-0.3, -0.25) is 0 Å². The predicted molar refractivity (Wildman–Crippen MR) is 60.0 cm³/mol. The second kappa shape index (κ2) is 6.31. The molecule has 19 heavy (non-hydrogen) atoms. The Hall–Kier alpha value is -1.92. The minimum atomic E-state index is -1.99. The van der Waals surface area contributed by atoms with E-state index in [-0.39, 0.29) is 6.61 Å². The predicted octanol–water partition coefficient (Wildman–Crippen LogP) is 3.08. The lowest BCUT2D eigenvalue weighted by Crippen LogP contribution is -2.09. The highest BCUT2D eigenvalue weighted by molar-refractivity contribution is 5.92. The van der Waals surface area contributed by atoms with E-state index >= 15 is 0 Å². The molecule has 0 spiro atoms. The second-order valence-electron chi connectivity index (χ2n) is 3.86. The van der Waals surface area contributed by atoms with Gasteiger partial charge in [-0.25, -0.2) is 13.6 Å². The first-order valence-electron chi connectivity index (χ1n) is 5.67. The van der Waals surface area contributed by atoms with Crippen molar-refractivity contribution < 1.29 is 32.9 Å². The average Bonchev–Trinajstić information content (AvgIpc) is 2.35. The zero-order valence-electron chi connectivity index (χ0n) is 10.2. The third-order valence-electron chi connectivity index (χ3n) is 2.46. The number of carboxylic acids is 1. The topological polar surface area (TPSA) is 66.8 Å². The lowest BCUT2D eigenvalue weighted by Gasteiger charge is -2.12. The first kappa shape index (κ1) is 15.1. The van der Waals surface area contributed by atoms with Crippen molar-refractivity contribution in [3.63, 3.8) is 0 Å². The number of aromatic carboxylic acids is 1. The molecule has 7 heteroatoms. The number of aromatic hydroxyl groups is 1. The molecule has 0 aliphatic carbocycles. The Morgan fingerprint density at radius 2 is 1.79 bits per heavy atom. The Morgan fingerprint density at radius 3 is 2.32 bits per heavy atom. The van der Waals surface area contributed by atoms with Crippen molar-refractivity contribution >= 4 is 5.97 Å². The van der Waals surface area contributed by atoms with Crippen LogP contribution in [0.1, 0.15) is 36.5 Å². The summed E-state index contributed by atoms with van der Waals surface area (Å²) in [4.78, 5) is 10.7. The van der Waals surface area contributed by atoms with E-state index in [0.29, 0.717) is 6.42 Å². The number of phenols is 1. The normalized spacial score (nSPS) is 10.5. The van der Waals surface area contributed by atoms with Crippen LogP contribution in [-0.2, 0) is 0 Å². The van der Waals surface area contributed by atoms with Gasteiger partial charge in [-0.05, 0) is 6.42 Å². The van der Waals surface area contributed by atoms with Crippen LogP contribution in [-0.4, -0.2) is 22.8 Å². The van der Waals surface area contributed by atoms with E-state index in [4.69, 9.17) is 9.84 Å². The van der Waals surface area contributed by atoms with Gasteiger partial charge in [-0.2, -0.15) is 4.39 Å². The molecule has 0 aliphatic heterocycles. The lowest BCUT2D eigenvalue weighted by molar-refractivity contribution is 0.0685. The van der Waals surface area contributed by atoms with Gasteiger partial charge in [0, 0.05) is 0 Å². The number of ether oxygens (including phenoxy) is 1. The summed E-state index contributed by atoms with van der Waals surface area (Å²) in [6, 6.07) is 0. The van der Waals surface area contributed by atoms with Crippen molar-refractivity contribution in [2.45, 2.75) is 26.2 Å². The molecule has 106 valence electrons. The van der Waals surface area contributed by atoms with Gasteiger partial charge in [0.15, 0.2) is 17.4 Å². The number of rotatable bonds is 6. The number of benzene rings is 1. The van der Waals surface area contributed by atoms with Crippen molar-refractivity contribution in [2.24, 2.45) is 0 Å². The summed E-state index contributed by atoms with van der Waals surface area (Å²) in [5, 5.41) is 18.1. The van der Waals surface area contributed by atoms with Crippen molar-refractivity contribution in [3.05, 3.63) is 23.0 Å². The van der Waals surface area contributed by atoms with Crippen LogP contribution >= 0.6 is 0 Å². The van der Waals surface area contributed by atoms with Gasteiger partial charge in [0.2, 0.25) is 11.6 Å². The van der Waals surface area contributed by atoms with E-state index in [1.165, 1.54) is 0 Å². The molecule has 2 N–H and O–H groups in total. The van der Waals surface area contributed by atoms with Gasteiger partial charge < -0.3 is 14.9 Å². The summed E-state index contributed by atoms with van der Waals surface area (Å²) in [5.41, 5.74) is -1.34. The summed E-state index contributed by atoms with van der Waals surface area (Å²) in [6.45, 7) is 1.88. The first-order chi connectivity index (χ1) is 8.91. The quantitative estimate of drug-likeness (QED) is 0.620. The van der Waals surface area contributed by atoms with E-state index in [0.717, 1.165) is 12.8 Å². The van der Waals surface area contributed by atoms with Crippen LogP contribution in [0.3, 0.4) is 0 Å². The Labute approximate surface area is 107 Å². The van der Waals surface area contributed by atoms with E-state index in [1.807, 2.05) is 6.92 Å². The fourth-order valence-electron chi connectivity index (χ4n) is 1.48. The van der Waals surface area contributed by atoms with Crippen molar-refractivity contribution in [1.82, 2.24) is 0 Å². The Morgan fingerprint density at radius 1 is 1.16 bits per heavy atom. The molecule has 1 rings (SSSR count). The number of carboxylic acid groups (broad SMARTS) is 1. The van der Waals surface area contributed by atoms with E-state index in [9.17, 15) is 23.1 Å². The standard InChI is InChI=1S/C12H13F3O4/c1-2-3-4-5-19-11-9(15)8(14)7(13)6(10(11)16)12(17)18/h16H,2-5H2,1H3,(H,17,18). The molecular weight excluding hydrogens is 265 g/mol. The molecule has 4 nitrogen and oxygen atoms in total. The van der Waals surface area contributed by atoms with Gasteiger partial charge in [0.1, 0.15) is 5.56 Å². The fraction of sp³-hybridized carbons (Fsp3) is 0.417. The molecule has 0 aliphatic rings. The minimum absolute atomic E-state index is 0.0392.